The minimum atomic E-state index is 0.574. The molecule has 1 heteroatoms. The summed E-state index contributed by atoms with van der Waals surface area (Å²) >= 11 is 0. The van der Waals surface area contributed by atoms with Crippen LogP contribution in [0.15, 0.2) is 36.9 Å². The molecular weight excluding hydrogens is 184 g/mol. The van der Waals surface area contributed by atoms with E-state index in [-0.39, 0.29) is 0 Å². The molecule has 0 N–H and O–H groups in total. The van der Waals surface area contributed by atoms with Gasteiger partial charge in [-0.3, -0.25) is 0 Å². The predicted molar refractivity (Wildman–Crippen MR) is 69.6 cm³/mol. The van der Waals surface area contributed by atoms with Crippen LogP contribution >= 0.6 is 0 Å². The van der Waals surface area contributed by atoms with Crippen molar-refractivity contribution in [1.82, 2.24) is 0 Å². The van der Waals surface area contributed by atoms with Crippen LogP contribution in [0, 0.1) is 6.92 Å². The fraction of sp³-hybridized carbons (Fsp3) is 0.429. The van der Waals surface area contributed by atoms with Crippen molar-refractivity contribution in [3.63, 3.8) is 0 Å². The molecule has 0 aliphatic rings. The lowest BCUT2D eigenvalue weighted by atomic mass is 10.2. The van der Waals surface area contributed by atoms with Gasteiger partial charge in [0.15, 0.2) is 0 Å². The van der Waals surface area contributed by atoms with E-state index in [4.69, 9.17) is 4.74 Å². The Hall–Kier alpha value is -1.24. The third-order valence-corrected chi connectivity index (χ3v) is 1.45. The molecule has 15 heavy (non-hydrogen) atoms. The molecule has 86 valence electrons. The van der Waals surface area contributed by atoms with E-state index >= 15 is 0 Å². The van der Waals surface area contributed by atoms with E-state index in [1.165, 1.54) is 0 Å². The first-order valence-electron chi connectivity index (χ1n) is 5.64. The van der Waals surface area contributed by atoms with Crippen LogP contribution in [-0.4, -0.2) is 6.61 Å². The second kappa shape index (κ2) is 12.8. The summed E-state index contributed by atoms with van der Waals surface area (Å²) in [6.45, 7) is 14.2. The summed E-state index contributed by atoms with van der Waals surface area (Å²) in [5, 5.41) is 0. The van der Waals surface area contributed by atoms with Gasteiger partial charge >= 0.3 is 0 Å². The highest BCUT2D eigenvalue weighted by molar-refractivity contribution is 5.31. The van der Waals surface area contributed by atoms with Crippen molar-refractivity contribution < 1.29 is 4.74 Å². The van der Waals surface area contributed by atoms with Gasteiger partial charge < -0.3 is 4.74 Å². The van der Waals surface area contributed by atoms with Crippen LogP contribution in [-0.2, 0) is 0 Å². The normalized spacial score (nSPS) is 7.53. The molecule has 0 amide bonds. The molecule has 0 atom stereocenters. The number of para-hydroxylation sites is 1. The van der Waals surface area contributed by atoms with Gasteiger partial charge in [0.05, 0.1) is 0 Å². The van der Waals surface area contributed by atoms with Crippen molar-refractivity contribution in [2.45, 2.75) is 34.6 Å². The number of hydrogen-bond donors (Lipinski definition) is 0. The fourth-order valence-corrected chi connectivity index (χ4v) is 0.867. The van der Waals surface area contributed by atoms with Crippen LogP contribution in [0.5, 0.6) is 5.75 Å². The average Bonchev–Trinajstić information content (AvgIpc) is 2.33. The number of hydrogen-bond acceptors (Lipinski definition) is 1. The molecule has 1 nitrogen and oxygen atoms in total. The quantitative estimate of drug-likeness (QED) is 0.659. The molecule has 0 bridgehead atoms. The highest BCUT2D eigenvalue weighted by Crippen LogP contribution is 2.15. The maximum atomic E-state index is 5.37. The molecule has 0 fully saturated rings. The third kappa shape index (κ3) is 7.80. The molecule has 1 aromatic rings. The Bertz CT molecular complexity index is 241. The number of benzene rings is 1. The maximum Gasteiger partial charge on any atom is 0.122 e. The van der Waals surface area contributed by atoms with E-state index < -0.39 is 0 Å². The largest absolute Gasteiger partial charge is 0.489 e. The Morgan fingerprint density at radius 2 is 1.67 bits per heavy atom. The van der Waals surface area contributed by atoms with Gasteiger partial charge in [0.2, 0.25) is 0 Å². The van der Waals surface area contributed by atoms with Gasteiger partial charge in [0.1, 0.15) is 12.4 Å². The lowest BCUT2D eigenvalue weighted by Gasteiger charge is -2.04. The number of rotatable bonds is 3. The topological polar surface area (TPSA) is 9.23 Å². The van der Waals surface area contributed by atoms with Crippen molar-refractivity contribution in [2.75, 3.05) is 6.61 Å². The molecule has 0 unspecified atom stereocenters. The minimum absolute atomic E-state index is 0.574. The molecule has 0 heterocycles. The van der Waals surface area contributed by atoms with Crippen molar-refractivity contribution in [3.8, 4) is 5.75 Å². The Morgan fingerprint density at radius 1 is 1.13 bits per heavy atom. The maximum absolute atomic E-state index is 5.37. The smallest absolute Gasteiger partial charge is 0.122 e. The summed E-state index contributed by atoms with van der Waals surface area (Å²) in [6.07, 6.45) is 1.74. The second-order valence-electron chi connectivity index (χ2n) is 2.37. The van der Waals surface area contributed by atoms with Crippen molar-refractivity contribution in [3.05, 3.63) is 42.5 Å². The van der Waals surface area contributed by atoms with Crippen molar-refractivity contribution >= 4 is 0 Å². The van der Waals surface area contributed by atoms with E-state index in [1.54, 1.807) is 6.08 Å². The van der Waals surface area contributed by atoms with Gasteiger partial charge in [0.25, 0.3) is 0 Å². The van der Waals surface area contributed by atoms with Gasteiger partial charge in [0, 0.05) is 0 Å². The molecular formula is C14H24O. The van der Waals surface area contributed by atoms with Gasteiger partial charge in [-0.05, 0) is 18.6 Å². The average molecular weight is 208 g/mol. The molecule has 0 aliphatic carbocycles. The summed E-state index contributed by atoms with van der Waals surface area (Å²) in [7, 11) is 0. The van der Waals surface area contributed by atoms with E-state index in [9.17, 15) is 0 Å². The van der Waals surface area contributed by atoms with Crippen LogP contribution in [0.2, 0.25) is 0 Å². The van der Waals surface area contributed by atoms with Crippen LogP contribution in [0.4, 0.5) is 0 Å². The number of ether oxygens (including phenoxy) is 1. The molecule has 1 rings (SSSR count). The zero-order valence-corrected chi connectivity index (χ0v) is 10.7. The highest BCUT2D eigenvalue weighted by atomic mass is 16.5. The van der Waals surface area contributed by atoms with Crippen LogP contribution in [0.3, 0.4) is 0 Å². The van der Waals surface area contributed by atoms with Gasteiger partial charge in [-0.2, -0.15) is 0 Å². The summed E-state index contributed by atoms with van der Waals surface area (Å²) in [6, 6.07) is 7.94. The lowest BCUT2D eigenvalue weighted by Crippen LogP contribution is -1.93. The van der Waals surface area contributed by atoms with E-state index in [0.29, 0.717) is 6.61 Å². The highest BCUT2D eigenvalue weighted by Gasteiger charge is 1.93. The molecule has 0 saturated carbocycles. The van der Waals surface area contributed by atoms with E-state index in [2.05, 4.69) is 6.58 Å². The summed E-state index contributed by atoms with van der Waals surface area (Å²) in [5.41, 5.74) is 1.16. The molecule has 1 aromatic carbocycles. The Balaban J connectivity index is 0. The second-order valence-corrected chi connectivity index (χ2v) is 2.37. The third-order valence-electron chi connectivity index (χ3n) is 1.45. The van der Waals surface area contributed by atoms with Gasteiger partial charge in [-0.1, -0.05) is 58.5 Å². The lowest BCUT2D eigenvalue weighted by molar-refractivity contribution is 0.360. The summed E-state index contributed by atoms with van der Waals surface area (Å²) in [4.78, 5) is 0. The van der Waals surface area contributed by atoms with E-state index in [0.717, 1.165) is 11.3 Å². The Morgan fingerprint density at radius 3 is 2.13 bits per heavy atom. The zero-order valence-electron chi connectivity index (χ0n) is 10.7. The summed E-state index contributed by atoms with van der Waals surface area (Å²) in [5.74, 6) is 0.937. The van der Waals surface area contributed by atoms with Crippen LogP contribution in [0.1, 0.15) is 33.3 Å². The van der Waals surface area contributed by atoms with Crippen LogP contribution < -0.4 is 4.74 Å². The Labute approximate surface area is 94.8 Å². The number of aryl methyl sites for hydroxylation is 1. The minimum Gasteiger partial charge on any atom is -0.489 e. The zero-order chi connectivity index (χ0) is 12.1. The Kier molecular flexibility index (Phi) is 13.8. The molecule has 0 spiro atoms. The molecule has 0 radical (unpaired) electrons. The van der Waals surface area contributed by atoms with E-state index in [1.807, 2.05) is 58.9 Å². The molecule has 0 saturated heterocycles. The molecule has 0 aliphatic heterocycles. The monoisotopic (exact) mass is 208 g/mol. The first kappa shape index (κ1) is 16.2. The summed E-state index contributed by atoms with van der Waals surface area (Å²) < 4.78 is 5.37. The standard InChI is InChI=1S/C10H12O.2C2H6/c1-3-8-11-10-7-5-4-6-9(10)2;2*1-2/h3-7H,1,8H2,2H3;2*1-2H3. The fourth-order valence-electron chi connectivity index (χ4n) is 0.867. The first-order valence-corrected chi connectivity index (χ1v) is 5.64. The SMILES string of the molecule is C=CCOc1ccccc1C.CC.CC. The first-order chi connectivity index (χ1) is 7.34. The predicted octanol–water partition coefficient (Wildman–Crippen LogP) is 4.61. The van der Waals surface area contributed by atoms with Crippen molar-refractivity contribution in [2.24, 2.45) is 0 Å². The molecule has 0 aromatic heterocycles. The van der Waals surface area contributed by atoms with Gasteiger partial charge in [-0.25, -0.2) is 0 Å². The van der Waals surface area contributed by atoms with Crippen LogP contribution in [0.25, 0.3) is 0 Å². The van der Waals surface area contributed by atoms with Gasteiger partial charge in [-0.15, -0.1) is 0 Å². The van der Waals surface area contributed by atoms with Crippen molar-refractivity contribution in [1.29, 1.82) is 0 Å².